The van der Waals surface area contributed by atoms with Crippen LogP contribution in [0.15, 0.2) is 30.3 Å². The topological polar surface area (TPSA) is 35.5 Å². The van der Waals surface area contributed by atoms with E-state index in [1.165, 1.54) is 19.2 Å². The van der Waals surface area contributed by atoms with E-state index in [0.29, 0.717) is 13.0 Å². The van der Waals surface area contributed by atoms with E-state index in [4.69, 9.17) is 9.47 Å². The second kappa shape index (κ2) is 5.60. The van der Waals surface area contributed by atoms with Crippen LogP contribution in [0.4, 0.5) is 4.39 Å². The molecular formula is C17H19FO3. The number of rotatable bonds is 2. The minimum Gasteiger partial charge on any atom is -0.469 e. The summed E-state index contributed by atoms with van der Waals surface area (Å²) >= 11 is 0. The van der Waals surface area contributed by atoms with Crippen molar-refractivity contribution in [3.05, 3.63) is 41.7 Å². The fraction of sp³-hybridized carbons (Fsp3) is 0.471. The van der Waals surface area contributed by atoms with Crippen molar-refractivity contribution in [2.75, 3.05) is 13.7 Å². The zero-order valence-corrected chi connectivity index (χ0v) is 12.1. The number of carbonyl (C=O) groups is 1. The third-order valence-electron chi connectivity index (χ3n) is 4.62. The van der Waals surface area contributed by atoms with Gasteiger partial charge in [0.25, 0.3) is 0 Å². The molecule has 3 rings (SSSR count). The van der Waals surface area contributed by atoms with Crippen molar-refractivity contribution in [3.63, 3.8) is 0 Å². The van der Waals surface area contributed by atoms with Gasteiger partial charge in [-0.05, 0) is 42.5 Å². The second-order valence-corrected chi connectivity index (χ2v) is 5.76. The fourth-order valence-corrected chi connectivity index (χ4v) is 3.54. The maximum absolute atomic E-state index is 13.1. The van der Waals surface area contributed by atoms with Crippen molar-refractivity contribution in [1.82, 2.24) is 0 Å². The number of carbonyl (C=O) groups excluding carboxylic acids is 1. The first-order valence-corrected chi connectivity index (χ1v) is 7.31. The van der Waals surface area contributed by atoms with Gasteiger partial charge in [-0.25, -0.2) is 4.39 Å². The second-order valence-electron chi connectivity index (χ2n) is 5.76. The lowest BCUT2D eigenvalue weighted by atomic mass is 9.81. The molecule has 0 aromatic heterocycles. The molecule has 4 heteroatoms. The Morgan fingerprint density at radius 3 is 2.86 bits per heavy atom. The van der Waals surface area contributed by atoms with Crippen LogP contribution in [0.2, 0.25) is 0 Å². The summed E-state index contributed by atoms with van der Waals surface area (Å²) in [7, 11) is 1.42. The van der Waals surface area contributed by atoms with Crippen molar-refractivity contribution in [2.24, 2.45) is 5.92 Å². The first kappa shape index (κ1) is 14.3. The molecule has 1 aromatic carbocycles. The van der Waals surface area contributed by atoms with Crippen LogP contribution in [0.5, 0.6) is 0 Å². The average molecular weight is 290 g/mol. The molecule has 0 bridgehead atoms. The van der Waals surface area contributed by atoms with Crippen molar-refractivity contribution in [3.8, 4) is 0 Å². The summed E-state index contributed by atoms with van der Waals surface area (Å²) < 4.78 is 24.0. The molecule has 1 heterocycles. The molecule has 112 valence electrons. The van der Waals surface area contributed by atoms with Crippen LogP contribution in [-0.4, -0.2) is 25.3 Å². The number of benzene rings is 1. The minimum atomic E-state index is -0.453. The molecule has 21 heavy (non-hydrogen) atoms. The summed E-state index contributed by atoms with van der Waals surface area (Å²) in [4.78, 5) is 12.0. The highest BCUT2D eigenvalue weighted by molar-refractivity contribution is 5.76. The van der Waals surface area contributed by atoms with Gasteiger partial charge in [0.1, 0.15) is 5.82 Å². The molecular weight excluding hydrogens is 271 g/mol. The summed E-state index contributed by atoms with van der Waals surface area (Å²) in [5.41, 5.74) is 1.66. The molecule has 0 N–H and O–H groups in total. The Bertz CT molecular complexity index is 564. The molecule has 0 saturated heterocycles. The van der Waals surface area contributed by atoms with Gasteiger partial charge in [-0.1, -0.05) is 18.2 Å². The first-order valence-electron chi connectivity index (χ1n) is 7.31. The molecule has 2 atom stereocenters. The average Bonchev–Trinajstić information content (AvgIpc) is 2.90. The van der Waals surface area contributed by atoms with Crippen LogP contribution in [0.25, 0.3) is 5.57 Å². The van der Waals surface area contributed by atoms with Gasteiger partial charge in [0, 0.05) is 6.42 Å². The van der Waals surface area contributed by atoms with E-state index in [0.717, 1.165) is 30.4 Å². The standard InChI is InChI=1S/C17H19FO3/c1-20-16(19)15-3-2-9-17(15)11-13(8-10-21-17)12-4-6-14(18)7-5-12/h4-8,15H,2-3,9-11H2,1H3. The minimum absolute atomic E-state index is 0.187. The number of hydrogen-bond donors (Lipinski definition) is 0. The SMILES string of the molecule is COC(=O)C1CCCC12CC(c1ccc(F)cc1)=CCO2. The molecule has 1 aliphatic heterocycles. The third kappa shape index (κ3) is 2.60. The molecule has 2 unspecified atom stereocenters. The lowest BCUT2D eigenvalue weighted by Gasteiger charge is -2.37. The number of esters is 1. The number of hydrogen-bond acceptors (Lipinski definition) is 3. The van der Waals surface area contributed by atoms with Crippen LogP contribution in [0.1, 0.15) is 31.2 Å². The Hall–Kier alpha value is -1.68. The Labute approximate surface area is 123 Å². The monoisotopic (exact) mass is 290 g/mol. The molecule has 1 fully saturated rings. The van der Waals surface area contributed by atoms with E-state index < -0.39 is 5.60 Å². The van der Waals surface area contributed by atoms with E-state index in [2.05, 4.69) is 0 Å². The van der Waals surface area contributed by atoms with Gasteiger partial charge in [-0.3, -0.25) is 4.79 Å². The largest absolute Gasteiger partial charge is 0.469 e. The predicted octanol–water partition coefficient (Wildman–Crippen LogP) is 3.34. The van der Waals surface area contributed by atoms with Gasteiger partial charge in [0.15, 0.2) is 0 Å². The van der Waals surface area contributed by atoms with E-state index in [-0.39, 0.29) is 17.7 Å². The highest BCUT2D eigenvalue weighted by atomic mass is 19.1. The van der Waals surface area contributed by atoms with Crippen molar-refractivity contribution < 1.29 is 18.7 Å². The van der Waals surface area contributed by atoms with Crippen LogP contribution in [0, 0.1) is 11.7 Å². The molecule has 1 aliphatic carbocycles. The van der Waals surface area contributed by atoms with Crippen LogP contribution in [-0.2, 0) is 14.3 Å². The van der Waals surface area contributed by atoms with Crippen LogP contribution in [0.3, 0.4) is 0 Å². The molecule has 1 aromatic rings. The summed E-state index contributed by atoms with van der Waals surface area (Å²) in [5.74, 6) is -0.631. The molecule has 3 nitrogen and oxygen atoms in total. The summed E-state index contributed by atoms with van der Waals surface area (Å²) in [6.07, 6.45) is 5.34. The maximum atomic E-state index is 13.1. The predicted molar refractivity (Wildman–Crippen MR) is 77.0 cm³/mol. The highest BCUT2D eigenvalue weighted by Gasteiger charge is 2.49. The van der Waals surface area contributed by atoms with E-state index in [1.807, 2.05) is 6.08 Å². The van der Waals surface area contributed by atoms with E-state index in [9.17, 15) is 9.18 Å². The van der Waals surface area contributed by atoms with Gasteiger partial charge in [-0.2, -0.15) is 0 Å². The fourth-order valence-electron chi connectivity index (χ4n) is 3.54. The normalized spacial score (nSPS) is 28.5. The van der Waals surface area contributed by atoms with E-state index in [1.54, 1.807) is 12.1 Å². The van der Waals surface area contributed by atoms with Gasteiger partial charge in [0.2, 0.25) is 0 Å². The smallest absolute Gasteiger partial charge is 0.311 e. The van der Waals surface area contributed by atoms with E-state index >= 15 is 0 Å². The zero-order valence-electron chi connectivity index (χ0n) is 12.1. The Morgan fingerprint density at radius 1 is 1.38 bits per heavy atom. The van der Waals surface area contributed by atoms with Gasteiger partial charge in [0.05, 0.1) is 25.2 Å². The highest BCUT2D eigenvalue weighted by Crippen LogP contribution is 2.47. The zero-order chi connectivity index (χ0) is 14.9. The Kier molecular flexibility index (Phi) is 3.81. The first-order chi connectivity index (χ1) is 10.1. The third-order valence-corrected chi connectivity index (χ3v) is 4.62. The van der Waals surface area contributed by atoms with Crippen molar-refractivity contribution in [1.29, 1.82) is 0 Å². The van der Waals surface area contributed by atoms with Crippen molar-refractivity contribution >= 4 is 11.5 Å². The molecule has 0 amide bonds. The molecule has 1 spiro atoms. The Balaban J connectivity index is 1.86. The lowest BCUT2D eigenvalue weighted by Crippen LogP contribution is -2.43. The van der Waals surface area contributed by atoms with Crippen molar-refractivity contribution in [2.45, 2.75) is 31.3 Å². The van der Waals surface area contributed by atoms with Crippen LogP contribution < -0.4 is 0 Å². The van der Waals surface area contributed by atoms with Gasteiger partial charge in [-0.15, -0.1) is 0 Å². The van der Waals surface area contributed by atoms with Crippen LogP contribution >= 0.6 is 0 Å². The quantitative estimate of drug-likeness (QED) is 0.784. The number of methoxy groups -OCH3 is 1. The Morgan fingerprint density at radius 2 is 2.14 bits per heavy atom. The molecule has 0 radical (unpaired) electrons. The summed E-state index contributed by atoms with van der Waals surface area (Å²) in [5, 5.41) is 0. The number of halogens is 1. The lowest BCUT2D eigenvalue weighted by molar-refractivity contribution is -0.157. The molecule has 1 saturated carbocycles. The maximum Gasteiger partial charge on any atom is 0.311 e. The summed E-state index contributed by atoms with van der Waals surface area (Å²) in [6, 6.07) is 6.49. The molecule has 2 aliphatic rings. The van der Waals surface area contributed by atoms with Gasteiger partial charge < -0.3 is 9.47 Å². The summed E-state index contributed by atoms with van der Waals surface area (Å²) in [6.45, 7) is 0.486. The van der Waals surface area contributed by atoms with Gasteiger partial charge >= 0.3 is 5.97 Å². The number of ether oxygens (including phenoxy) is 2.